The zero-order valence-electron chi connectivity index (χ0n) is 19.2. The first-order valence-corrected chi connectivity index (χ1v) is 12.7. The number of hydrogen-bond acceptors (Lipinski definition) is 4. The van der Waals surface area contributed by atoms with Gasteiger partial charge in [0, 0.05) is 30.3 Å². The summed E-state index contributed by atoms with van der Waals surface area (Å²) in [4.78, 5) is 6.30. The highest BCUT2D eigenvalue weighted by Crippen LogP contribution is 2.69. The Morgan fingerprint density at radius 2 is 2.12 bits per heavy atom. The lowest BCUT2D eigenvalue weighted by Gasteiger charge is -2.62. The van der Waals surface area contributed by atoms with E-state index >= 15 is 0 Å². The zero-order valence-corrected chi connectivity index (χ0v) is 19.2. The summed E-state index contributed by atoms with van der Waals surface area (Å²) in [6.45, 7) is 6.51. The van der Waals surface area contributed by atoms with E-state index < -0.39 is 11.0 Å². The van der Waals surface area contributed by atoms with Gasteiger partial charge in [-0.3, -0.25) is 4.90 Å². The molecule has 1 saturated carbocycles. The molecule has 3 heterocycles. The molecular formula is C27H34N2O3. The van der Waals surface area contributed by atoms with Crippen molar-refractivity contribution in [2.24, 2.45) is 5.92 Å². The van der Waals surface area contributed by atoms with Crippen LogP contribution in [0.5, 0.6) is 11.5 Å². The Bertz CT molecular complexity index is 1120. The van der Waals surface area contributed by atoms with E-state index in [4.69, 9.17) is 4.74 Å². The number of phenolic OH excluding ortho intramolecular Hbond substituents is 1. The van der Waals surface area contributed by atoms with Crippen LogP contribution in [0.4, 0.5) is 0 Å². The summed E-state index contributed by atoms with van der Waals surface area (Å²) < 4.78 is 6.64. The van der Waals surface area contributed by atoms with Crippen molar-refractivity contribution in [3.05, 3.63) is 45.8 Å². The second-order valence-corrected chi connectivity index (χ2v) is 11.2. The maximum absolute atomic E-state index is 12.8. The summed E-state index contributed by atoms with van der Waals surface area (Å²) in [7, 11) is 0. The van der Waals surface area contributed by atoms with E-state index in [9.17, 15) is 10.2 Å². The van der Waals surface area contributed by atoms with Crippen LogP contribution >= 0.6 is 0 Å². The predicted octanol–water partition coefficient (Wildman–Crippen LogP) is 4.07. The molecule has 2 bridgehead atoms. The number of hydrogen-bond donors (Lipinski definition) is 3. The Balaban J connectivity index is 1.45. The maximum atomic E-state index is 12.8. The summed E-state index contributed by atoms with van der Waals surface area (Å²) in [5.74, 6) is 1.63. The number of phenols is 1. The Morgan fingerprint density at radius 3 is 2.91 bits per heavy atom. The number of rotatable bonds is 5. The average Bonchev–Trinajstić information content (AvgIpc) is 3.43. The Labute approximate surface area is 189 Å². The third-order valence-corrected chi connectivity index (χ3v) is 9.47. The molecule has 7 rings (SSSR count). The smallest absolute Gasteiger partial charge is 0.166 e. The topological polar surface area (TPSA) is 68.7 Å². The number of aromatic nitrogens is 1. The lowest BCUT2D eigenvalue weighted by Crippen LogP contribution is -2.74. The van der Waals surface area contributed by atoms with Gasteiger partial charge in [0.15, 0.2) is 17.6 Å². The number of nitrogens with zero attached hydrogens (tertiary/aromatic N) is 1. The fourth-order valence-electron chi connectivity index (χ4n) is 7.80. The lowest BCUT2D eigenvalue weighted by atomic mass is 9.49. The first kappa shape index (κ1) is 19.5. The van der Waals surface area contributed by atoms with Crippen LogP contribution in [0.1, 0.15) is 78.8 Å². The van der Waals surface area contributed by atoms with Gasteiger partial charge < -0.3 is 19.9 Å². The van der Waals surface area contributed by atoms with E-state index in [1.54, 1.807) is 6.07 Å². The van der Waals surface area contributed by atoms with Crippen molar-refractivity contribution in [2.75, 3.05) is 13.1 Å². The normalized spacial score (nSPS) is 34.2. The van der Waals surface area contributed by atoms with E-state index in [0.29, 0.717) is 12.2 Å². The third kappa shape index (κ3) is 2.22. The van der Waals surface area contributed by atoms with Crippen LogP contribution in [-0.4, -0.2) is 44.8 Å². The third-order valence-electron chi connectivity index (χ3n) is 9.47. The van der Waals surface area contributed by atoms with Crippen LogP contribution in [0.2, 0.25) is 0 Å². The van der Waals surface area contributed by atoms with Gasteiger partial charge in [-0.25, -0.2) is 0 Å². The van der Waals surface area contributed by atoms with Gasteiger partial charge in [0.1, 0.15) is 0 Å². The molecule has 5 heteroatoms. The van der Waals surface area contributed by atoms with Crippen molar-refractivity contribution in [1.82, 2.24) is 9.88 Å². The molecule has 1 aromatic heterocycles. The van der Waals surface area contributed by atoms with Crippen LogP contribution in [0.25, 0.3) is 0 Å². The van der Waals surface area contributed by atoms with Crippen molar-refractivity contribution < 1.29 is 14.9 Å². The molecule has 0 amide bonds. The van der Waals surface area contributed by atoms with Crippen molar-refractivity contribution in [3.63, 3.8) is 0 Å². The number of aliphatic hydroxyl groups is 1. The van der Waals surface area contributed by atoms with Gasteiger partial charge in [-0.05, 0) is 80.7 Å². The first-order valence-electron chi connectivity index (χ1n) is 12.7. The van der Waals surface area contributed by atoms with E-state index in [1.807, 2.05) is 0 Å². The number of aromatic amines is 1. The van der Waals surface area contributed by atoms with E-state index in [-0.39, 0.29) is 17.9 Å². The van der Waals surface area contributed by atoms with Crippen LogP contribution in [-0.2, 0) is 24.7 Å². The number of ether oxygens (including phenoxy) is 1. The average molecular weight is 435 g/mol. The standard InChI is InChI=1S/C27H34N2O3/c1-3-4-5-18-15(2)28-23-19(18)13-27(31)21-12-17-8-9-20(30)24-22(17)26(27,25(23)32-24)10-11-29(21)14-16-6-7-16/h8-9,16,21,25,28,30-31H,3-7,10-14H2,1-2H3/t21?,25-,26?,27+/m0/s1. The van der Waals surface area contributed by atoms with Crippen LogP contribution in [0, 0.1) is 12.8 Å². The van der Waals surface area contributed by atoms with Crippen molar-refractivity contribution in [1.29, 1.82) is 0 Å². The summed E-state index contributed by atoms with van der Waals surface area (Å²) in [6.07, 6.45) is 8.17. The SMILES string of the molecule is CCCCc1c(C)[nH]c2c1C[C@@]1(O)C3Cc4ccc(O)c5c4C1(CCN3CC1CC1)[C@H]2O5. The molecule has 2 aromatic rings. The van der Waals surface area contributed by atoms with Crippen LogP contribution in [0.3, 0.4) is 0 Å². The molecule has 2 unspecified atom stereocenters. The lowest BCUT2D eigenvalue weighted by molar-refractivity contribution is -0.173. The number of piperidine rings is 1. The van der Waals surface area contributed by atoms with Gasteiger partial charge in [0.25, 0.3) is 0 Å². The molecule has 5 nitrogen and oxygen atoms in total. The Morgan fingerprint density at radius 1 is 1.28 bits per heavy atom. The van der Waals surface area contributed by atoms with E-state index in [0.717, 1.165) is 62.4 Å². The molecule has 3 aliphatic carbocycles. The Kier molecular flexibility index (Phi) is 3.85. The molecule has 3 N–H and O–H groups in total. The number of unbranched alkanes of at least 4 members (excludes halogenated alkanes) is 1. The zero-order chi connectivity index (χ0) is 21.8. The predicted molar refractivity (Wildman–Crippen MR) is 122 cm³/mol. The van der Waals surface area contributed by atoms with Gasteiger partial charge in [0.2, 0.25) is 0 Å². The molecule has 0 radical (unpaired) electrons. The number of likely N-dealkylation sites (tertiary alicyclic amines) is 1. The van der Waals surface area contributed by atoms with Crippen LogP contribution < -0.4 is 4.74 Å². The summed E-state index contributed by atoms with van der Waals surface area (Å²) in [6, 6.07) is 3.98. The molecule has 4 atom stereocenters. The monoisotopic (exact) mass is 434 g/mol. The minimum atomic E-state index is -0.876. The number of aromatic hydroxyl groups is 1. The van der Waals surface area contributed by atoms with Gasteiger partial charge in [-0.1, -0.05) is 19.4 Å². The summed E-state index contributed by atoms with van der Waals surface area (Å²) >= 11 is 0. The molecule has 2 aliphatic heterocycles. The van der Waals surface area contributed by atoms with Crippen molar-refractivity contribution >= 4 is 0 Å². The molecule has 2 fully saturated rings. The highest BCUT2D eigenvalue weighted by Gasteiger charge is 2.72. The minimum absolute atomic E-state index is 0.105. The van der Waals surface area contributed by atoms with Crippen molar-refractivity contribution in [2.45, 2.75) is 88.4 Å². The number of fused-ring (bicyclic) bond motifs is 2. The first-order chi connectivity index (χ1) is 15.5. The van der Waals surface area contributed by atoms with E-state index in [1.165, 1.54) is 35.2 Å². The largest absolute Gasteiger partial charge is 0.504 e. The molecule has 170 valence electrons. The maximum Gasteiger partial charge on any atom is 0.166 e. The molecule has 1 saturated heterocycles. The summed E-state index contributed by atoms with van der Waals surface area (Å²) in [5, 5.41) is 23.6. The highest BCUT2D eigenvalue weighted by atomic mass is 16.5. The fraction of sp³-hybridized carbons (Fsp3) is 0.630. The van der Waals surface area contributed by atoms with Crippen molar-refractivity contribution in [3.8, 4) is 11.5 Å². The summed E-state index contributed by atoms with van der Waals surface area (Å²) in [5.41, 5.74) is 6.03. The number of H-pyrrole nitrogens is 1. The van der Waals surface area contributed by atoms with Gasteiger partial charge >= 0.3 is 0 Å². The van der Waals surface area contributed by atoms with Gasteiger partial charge in [0.05, 0.1) is 16.7 Å². The number of aryl methyl sites for hydroxylation is 1. The van der Waals surface area contributed by atoms with Gasteiger partial charge in [-0.15, -0.1) is 0 Å². The molecule has 32 heavy (non-hydrogen) atoms. The fourth-order valence-corrected chi connectivity index (χ4v) is 7.80. The number of nitrogens with one attached hydrogen (secondary N) is 1. The van der Waals surface area contributed by atoms with Crippen LogP contribution in [0.15, 0.2) is 12.1 Å². The second kappa shape index (κ2) is 6.32. The highest BCUT2D eigenvalue weighted by molar-refractivity contribution is 5.65. The molecule has 1 aromatic carbocycles. The molecular weight excluding hydrogens is 400 g/mol. The Hall–Kier alpha value is -1.98. The second-order valence-electron chi connectivity index (χ2n) is 11.2. The van der Waals surface area contributed by atoms with Gasteiger partial charge in [-0.2, -0.15) is 0 Å². The minimum Gasteiger partial charge on any atom is -0.504 e. The van der Waals surface area contributed by atoms with E-state index in [2.05, 4.69) is 29.8 Å². The quantitative estimate of drug-likeness (QED) is 0.664. The molecule has 1 spiro atoms. The molecule has 5 aliphatic rings. The number of benzene rings is 1.